The van der Waals surface area contributed by atoms with E-state index in [1.807, 2.05) is 12.1 Å². The SMILES string of the molecule is COc1cc2c(c(OC)c1OC)-c1ccc(NCC3(CC(=O)O)CCCCC3)c(=O)cc1[C@H](NC(C)=O)CC2. The van der Waals surface area contributed by atoms with Gasteiger partial charge in [-0.15, -0.1) is 0 Å². The quantitative estimate of drug-likeness (QED) is 0.420. The van der Waals surface area contributed by atoms with E-state index in [0.717, 1.165) is 48.8 Å². The molecule has 210 valence electrons. The van der Waals surface area contributed by atoms with Crippen LogP contribution in [0, 0.1) is 5.41 Å². The zero-order chi connectivity index (χ0) is 28.2. The Balaban J connectivity index is 1.85. The van der Waals surface area contributed by atoms with Gasteiger partial charge in [-0.1, -0.05) is 25.3 Å². The molecule has 2 aliphatic carbocycles. The topological polar surface area (TPSA) is 123 Å². The number of aryl methyl sites for hydroxylation is 1. The van der Waals surface area contributed by atoms with Crippen LogP contribution in [0.2, 0.25) is 0 Å². The molecule has 1 amide bonds. The lowest BCUT2D eigenvalue weighted by molar-refractivity contribution is -0.140. The summed E-state index contributed by atoms with van der Waals surface area (Å²) >= 11 is 0. The van der Waals surface area contributed by atoms with Gasteiger partial charge in [0.05, 0.1) is 39.5 Å². The highest BCUT2D eigenvalue weighted by Gasteiger charge is 2.35. The first-order chi connectivity index (χ1) is 18.7. The molecular weight excluding hydrogens is 500 g/mol. The zero-order valence-electron chi connectivity index (χ0n) is 23.1. The first kappa shape index (κ1) is 28.3. The molecule has 4 rings (SSSR count). The van der Waals surface area contributed by atoms with Gasteiger partial charge in [-0.05, 0) is 66.0 Å². The average molecular weight is 539 g/mol. The van der Waals surface area contributed by atoms with Gasteiger partial charge in [0.1, 0.15) is 0 Å². The van der Waals surface area contributed by atoms with Crippen LogP contribution >= 0.6 is 0 Å². The van der Waals surface area contributed by atoms with Crippen LogP contribution in [-0.2, 0) is 16.0 Å². The lowest BCUT2D eigenvalue weighted by Gasteiger charge is -2.36. The van der Waals surface area contributed by atoms with Crippen molar-refractivity contribution in [3.63, 3.8) is 0 Å². The lowest BCUT2D eigenvalue weighted by atomic mass is 9.71. The van der Waals surface area contributed by atoms with E-state index in [2.05, 4.69) is 10.6 Å². The molecule has 0 unspecified atom stereocenters. The molecule has 1 saturated carbocycles. The number of benzene rings is 1. The molecule has 2 aliphatic rings. The number of hydrogen-bond donors (Lipinski definition) is 3. The first-order valence-electron chi connectivity index (χ1n) is 13.4. The van der Waals surface area contributed by atoms with Crippen LogP contribution in [0.15, 0.2) is 29.1 Å². The van der Waals surface area contributed by atoms with Gasteiger partial charge in [0.25, 0.3) is 0 Å². The van der Waals surface area contributed by atoms with E-state index >= 15 is 0 Å². The molecule has 0 spiro atoms. The van der Waals surface area contributed by atoms with Crippen molar-refractivity contribution in [2.45, 2.75) is 64.3 Å². The van der Waals surface area contributed by atoms with Gasteiger partial charge in [-0.2, -0.15) is 0 Å². The van der Waals surface area contributed by atoms with E-state index < -0.39 is 12.0 Å². The molecule has 0 aromatic heterocycles. The highest BCUT2D eigenvalue weighted by Crippen LogP contribution is 2.50. The number of carbonyl (C=O) groups is 2. The Labute approximate surface area is 228 Å². The third-order valence-electron chi connectivity index (χ3n) is 8.01. The summed E-state index contributed by atoms with van der Waals surface area (Å²) < 4.78 is 17.1. The monoisotopic (exact) mass is 538 g/mol. The molecule has 2 aromatic carbocycles. The van der Waals surface area contributed by atoms with E-state index in [0.29, 0.717) is 47.9 Å². The van der Waals surface area contributed by atoms with E-state index in [4.69, 9.17) is 14.2 Å². The summed E-state index contributed by atoms with van der Waals surface area (Å²) in [6.45, 7) is 1.87. The zero-order valence-corrected chi connectivity index (χ0v) is 23.1. The number of nitrogens with one attached hydrogen (secondary N) is 2. The average Bonchev–Trinajstić information content (AvgIpc) is 3.15. The maximum Gasteiger partial charge on any atom is 0.303 e. The number of carbonyl (C=O) groups excluding carboxylic acids is 1. The Morgan fingerprint density at radius 2 is 1.74 bits per heavy atom. The fourth-order valence-corrected chi connectivity index (χ4v) is 6.18. The van der Waals surface area contributed by atoms with Gasteiger partial charge in [0, 0.05) is 19.0 Å². The Kier molecular flexibility index (Phi) is 8.67. The fraction of sp³-hybridized carbons (Fsp3) is 0.500. The lowest BCUT2D eigenvalue weighted by Crippen LogP contribution is -2.35. The Hall–Kier alpha value is -3.75. The smallest absolute Gasteiger partial charge is 0.303 e. The highest BCUT2D eigenvalue weighted by molar-refractivity contribution is 5.83. The predicted molar refractivity (Wildman–Crippen MR) is 149 cm³/mol. The van der Waals surface area contributed by atoms with Crippen LogP contribution in [0.4, 0.5) is 5.69 Å². The van der Waals surface area contributed by atoms with Crippen molar-refractivity contribution in [3.05, 3.63) is 45.6 Å². The van der Waals surface area contributed by atoms with Crippen LogP contribution in [0.5, 0.6) is 17.2 Å². The minimum Gasteiger partial charge on any atom is -0.493 e. The molecule has 39 heavy (non-hydrogen) atoms. The minimum atomic E-state index is -0.822. The summed E-state index contributed by atoms with van der Waals surface area (Å²) in [5, 5.41) is 15.9. The molecule has 0 bridgehead atoms. The summed E-state index contributed by atoms with van der Waals surface area (Å²) in [5.74, 6) is 0.466. The number of carboxylic acids is 1. The summed E-state index contributed by atoms with van der Waals surface area (Å²) in [6.07, 6.45) is 5.95. The maximum absolute atomic E-state index is 13.6. The second-order valence-corrected chi connectivity index (χ2v) is 10.6. The molecule has 9 nitrogen and oxygen atoms in total. The standard InChI is InChI=1S/C30H38N2O7/c1-18(33)32-22-10-8-19-14-25(37-2)28(38-3)29(39-4)27(19)20-9-11-23(24(34)15-21(20)22)31-17-30(16-26(35)36)12-6-5-7-13-30/h9,11,14-15,22H,5-8,10,12-13,16-17H2,1-4H3,(H,31,34)(H,32,33)(H,35,36)/t22-/m1/s1. The molecule has 0 radical (unpaired) electrons. The molecule has 3 N–H and O–H groups in total. The molecule has 1 atom stereocenters. The van der Waals surface area contributed by atoms with Gasteiger partial charge >= 0.3 is 5.97 Å². The number of hydrogen-bond acceptors (Lipinski definition) is 7. The van der Waals surface area contributed by atoms with Crippen molar-refractivity contribution in [2.24, 2.45) is 5.41 Å². The Morgan fingerprint density at radius 3 is 2.36 bits per heavy atom. The Bertz CT molecular complexity index is 1300. The van der Waals surface area contributed by atoms with Crippen LogP contribution < -0.4 is 30.3 Å². The predicted octanol–water partition coefficient (Wildman–Crippen LogP) is 4.70. The molecule has 0 heterocycles. The van der Waals surface area contributed by atoms with Gasteiger partial charge in [-0.25, -0.2) is 0 Å². The summed E-state index contributed by atoms with van der Waals surface area (Å²) in [7, 11) is 4.68. The van der Waals surface area contributed by atoms with Gasteiger partial charge in [0.15, 0.2) is 11.5 Å². The number of methoxy groups -OCH3 is 3. The van der Waals surface area contributed by atoms with Crippen LogP contribution in [0.3, 0.4) is 0 Å². The second kappa shape index (κ2) is 12.0. The fourth-order valence-electron chi connectivity index (χ4n) is 6.18. The van der Waals surface area contributed by atoms with Crippen molar-refractivity contribution in [3.8, 4) is 28.4 Å². The van der Waals surface area contributed by atoms with Crippen molar-refractivity contribution >= 4 is 17.6 Å². The minimum absolute atomic E-state index is 0.0699. The largest absolute Gasteiger partial charge is 0.493 e. The van der Waals surface area contributed by atoms with E-state index in [1.165, 1.54) is 6.92 Å². The number of anilines is 1. The Morgan fingerprint density at radius 1 is 1.03 bits per heavy atom. The van der Waals surface area contributed by atoms with Gasteiger partial charge < -0.3 is 30.0 Å². The maximum atomic E-state index is 13.6. The van der Waals surface area contributed by atoms with Crippen molar-refractivity contribution in [2.75, 3.05) is 33.2 Å². The highest BCUT2D eigenvalue weighted by atomic mass is 16.5. The number of ether oxygens (including phenoxy) is 3. The van der Waals surface area contributed by atoms with Crippen LogP contribution in [0.1, 0.15) is 69.0 Å². The summed E-state index contributed by atoms with van der Waals surface area (Å²) in [6, 6.07) is 6.72. The molecule has 0 saturated heterocycles. The number of carboxylic acid groups (broad SMARTS) is 1. The number of aliphatic carboxylic acids is 1. The van der Waals surface area contributed by atoms with Crippen molar-refractivity contribution in [1.82, 2.24) is 5.32 Å². The van der Waals surface area contributed by atoms with E-state index in [9.17, 15) is 19.5 Å². The van der Waals surface area contributed by atoms with E-state index in [1.54, 1.807) is 33.5 Å². The van der Waals surface area contributed by atoms with E-state index in [-0.39, 0.29) is 23.2 Å². The molecule has 9 heteroatoms. The molecule has 1 fully saturated rings. The van der Waals surface area contributed by atoms with Crippen LogP contribution in [-0.4, -0.2) is 44.9 Å². The normalized spacial score (nSPS) is 17.6. The molecule has 0 aliphatic heterocycles. The third-order valence-corrected chi connectivity index (χ3v) is 8.01. The third kappa shape index (κ3) is 5.97. The van der Waals surface area contributed by atoms with Crippen molar-refractivity contribution < 1.29 is 28.9 Å². The van der Waals surface area contributed by atoms with Crippen LogP contribution in [0.25, 0.3) is 11.1 Å². The molecule has 2 aromatic rings. The van der Waals surface area contributed by atoms with Gasteiger partial charge in [-0.3, -0.25) is 14.4 Å². The number of amides is 1. The second-order valence-electron chi connectivity index (χ2n) is 10.6. The first-order valence-corrected chi connectivity index (χ1v) is 13.4. The van der Waals surface area contributed by atoms with Crippen molar-refractivity contribution in [1.29, 1.82) is 0 Å². The van der Waals surface area contributed by atoms with Gasteiger partial charge in [0.2, 0.25) is 17.1 Å². The number of rotatable bonds is 9. The number of fused-ring (bicyclic) bond motifs is 3. The summed E-state index contributed by atoms with van der Waals surface area (Å²) in [5.41, 5.74) is 2.95. The molecular formula is C30H38N2O7. The summed E-state index contributed by atoms with van der Waals surface area (Å²) in [4.78, 5) is 37.4.